The van der Waals surface area contributed by atoms with E-state index in [4.69, 9.17) is 16.3 Å². The molecular weight excluding hydrogens is 300 g/mol. The molecule has 2 aliphatic rings. The number of piperidine rings is 1. The largest absolute Gasteiger partial charge is 0.394 e. The number of aliphatic hydroxyl groups is 1. The summed E-state index contributed by atoms with van der Waals surface area (Å²) < 4.78 is 5.82. The van der Waals surface area contributed by atoms with Crippen LogP contribution < -0.4 is 5.32 Å². The maximum absolute atomic E-state index is 9.44. The van der Waals surface area contributed by atoms with E-state index >= 15 is 0 Å². The van der Waals surface area contributed by atoms with E-state index in [-0.39, 0.29) is 12.7 Å². The summed E-state index contributed by atoms with van der Waals surface area (Å²) in [6, 6.07) is 9.07. The fourth-order valence-electron chi connectivity index (χ4n) is 3.54. The highest BCUT2D eigenvalue weighted by atomic mass is 35.5. The Hall–Kier alpha value is -0.650. The Bertz CT molecular complexity index is 462. The van der Waals surface area contributed by atoms with Crippen molar-refractivity contribution in [3.8, 4) is 0 Å². The minimum atomic E-state index is -0.0450. The molecule has 5 heteroatoms. The van der Waals surface area contributed by atoms with Crippen LogP contribution in [0.25, 0.3) is 0 Å². The smallest absolute Gasteiger partial charge is 0.0933 e. The normalized spacial score (nSPS) is 27.9. The van der Waals surface area contributed by atoms with Crippen LogP contribution in [0.4, 0.5) is 0 Å². The molecule has 2 unspecified atom stereocenters. The van der Waals surface area contributed by atoms with Gasteiger partial charge in [-0.15, -0.1) is 0 Å². The second-order valence-electron chi connectivity index (χ2n) is 6.30. The summed E-state index contributed by atoms with van der Waals surface area (Å²) in [6.45, 7) is 3.80. The molecule has 0 saturated carbocycles. The van der Waals surface area contributed by atoms with Gasteiger partial charge in [-0.1, -0.05) is 23.7 Å². The molecule has 0 spiro atoms. The van der Waals surface area contributed by atoms with E-state index in [1.807, 2.05) is 12.1 Å². The summed E-state index contributed by atoms with van der Waals surface area (Å²) in [6.07, 6.45) is 3.28. The van der Waals surface area contributed by atoms with Crippen LogP contribution >= 0.6 is 11.6 Å². The number of hydrogen-bond acceptors (Lipinski definition) is 4. The zero-order valence-electron chi connectivity index (χ0n) is 12.9. The molecule has 2 atom stereocenters. The summed E-state index contributed by atoms with van der Waals surface area (Å²) in [5.74, 6) is 0. The zero-order valence-corrected chi connectivity index (χ0v) is 13.6. The molecule has 0 aromatic heterocycles. The lowest BCUT2D eigenvalue weighted by Gasteiger charge is -2.45. The first kappa shape index (κ1) is 16.2. The Morgan fingerprint density at radius 1 is 1.23 bits per heavy atom. The first-order chi connectivity index (χ1) is 10.8. The summed E-state index contributed by atoms with van der Waals surface area (Å²) in [5, 5.41) is 13.6. The van der Waals surface area contributed by atoms with E-state index < -0.39 is 0 Å². The van der Waals surface area contributed by atoms with Gasteiger partial charge in [-0.2, -0.15) is 0 Å². The van der Waals surface area contributed by atoms with Gasteiger partial charge in [-0.25, -0.2) is 0 Å². The average molecular weight is 325 g/mol. The molecule has 2 N–H and O–H groups in total. The van der Waals surface area contributed by atoms with Crippen LogP contribution in [-0.2, 0) is 11.2 Å². The highest BCUT2D eigenvalue weighted by Crippen LogP contribution is 2.23. The molecular formula is C17H25ClN2O2. The van der Waals surface area contributed by atoms with Gasteiger partial charge in [0.2, 0.25) is 0 Å². The molecule has 0 aliphatic carbocycles. The Morgan fingerprint density at radius 3 is 2.64 bits per heavy atom. The van der Waals surface area contributed by atoms with Crippen LogP contribution in [0.1, 0.15) is 18.4 Å². The van der Waals surface area contributed by atoms with Crippen molar-refractivity contribution in [1.82, 2.24) is 10.2 Å². The molecule has 2 fully saturated rings. The van der Waals surface area contributed by atoms with Gasteiger partial charge in [0, 0.05) is 23.7 Å². The van der Waals surface area contributed by atoms with Crippen LogP contribution in [0.5, 0.6) is 0 Å². The Labute approximate surface area is 137 Å². The molecule has 0 amide bonds. The Morgan fingerprint density at radius 2 is 1.95 bits per heavy atom. The van der Waals surface area contributed by atoms with Crippen LogP contribution in [0, 0.1) is 0 Å². The molecule has 1 aromatic rings. The van der Waals surface area contributed by atoms with Crippen molar-refractivity contribution in [1.29, 1.82) is 0 Å². The molecule has 1 aromatic carbocycles. The van der Waals surface area contributed by atoms with E-state index in [1.165, 1.54) is 18.4 Å². The third-order valence-corrected chi connectivity index (χ3v) is 5.03. The maximum atomic E-state index is 9.44. The molecule has 0 bridgehead atoms. The topological polar surface area (TPSA) is 44.7 Å². The third-order valence-electron chi connectivity index (χ3n) is 4.77. The molecule has 2 heterocycles. The van der Waals surface area contributed by atoms with E-state index in [0.29, 0.717) is 18.7 Å². The van der Waals surface area contributed by atoms with E-state index in [0.717, 1.165) is 31.1 Å². The Kier molecular flexibility index (Phi) is 5.71. The number of ether oxygens (including phenoxy) is 1. The number of nitrogens with one attached hydrogen (secondary N) is 1. The third kappa shape index (κ3) is 4.00. The molecule has 122 valence electrons. The fourth-order valence-corrected chi connectivity index (χ4v) is 3.67. The van der Waals surface area contributed by atoms with Gasteiger partial charge in [0.05, 0.1) is 19.3 Å². The summed E-state index contributed by atoms with van der Waals surface area (Å²) in [4.78, 5) is 2.57. The van der Waals surface area contributed by atoms with Crippen molar-refractivity contribution in [2.45, 2.75) is 37.5 Å². The maximum Gasteiger partial charge on any atom is 0.0933 e. The monoisotopic (exact) mass is 324 g/mol. The van der Waals surface area contributed by atoms with Gasteiger partial charge in [0.15, 0.2) is 0 Å². The number of nitrogens with zero attached hydrogens (tertiary/aromatic N) is 1. The number of aliphatic hydroxyl groups excluding tert-OH is 1. The zero-order chi connectivity index (χ0) is 15.4. The molecule has 2 aliphatic heterocycles. The van der Waals surface area contributed by atoms with Crippen molar-refractivity contribution in [2.24, 2.45) is 0 Å². The molecule has 2 saturated heterocycles. The molecule has 3 rings (SSSR count). The van der Waals surface area contributed by atoms with E-state index in [9.17, 15) is 5.11 Å². The SMILES string of the molecule is OCC1CN(C2CCNCC2)C(Cc2ccc(Cl)cc2)CO1. The number of morpholine rings is 1. The predicted molar refractivity (Wildman–Crippen MR) is 88.4 cm³/mol. The summed E-state index contributed by atoms with van der Waals surface area (Å²) >= 11 is 5.97. The molecule has 0 radical (unpaired) electrons. The fraction of sp³-hybridized carbons (Fsp3) is 0.647. The van der Waals surface area contributed by atoms with Gasteiger partial charge in [0.25, 0.3) is 0 Å². The van der Waals surface area contributed by atoms with Gasteiger partial charge in [-0.3, -0.25) is 4.90 Å². The Balaban J connectivity index is 1.70. The van der Waals surface area contributed by atoms with Crippen LogP contribution in [0.3, 0.4) is 0 Å². The van der Waals surface area contributed by atoms with Crippen molar-refractivity contribution in [3.05, 3.63) is 34.9 Å². The van der Waals surface area contributed by atoms with Gasteiger partial charge < -0.3 is 15.2 Å². The van der Waals surface area contributed by atoms with Crippen molar-refractivity contribution < 1.29 is 9.84 Å². The van der Waals surface area contributed by atoms with Crippen LogP contribution in [0.2, 0.25) is 5.02 Å². The quantitative estimate of drug-likeness (QED) is 0.885. The van der Waals surface area contributed by atoms with Gasteiger partial charge in [-0.05, 0) is 50.0 Å². The minimum absolute atomic E-state index is 0.0450. The van der Waals surface area contributed by atoms with Gasteiger partial charge in [0.1, 0.15) is 0 Å². The number of hydrogen-bond donors (Lipinski definition) is 2. The second-order valence-corrected chi connectivity index (χ2v) is 6.74. The van der Waals surface area contributed by atoms with E-state index in [1.54, 1.807) is 0 Å². The predicted octanol–water partition coefficient (Wildman–Crippen LogP) is 1.70. The van der Waals surface area contributed by atoms with E-state index in [2.05, 4.69) is 22.3 Å². The standard InChI is InChI=1S/C17H25ClN2O2/c18-14-3-1-13(2-4-14)9-16-12-22-17(11-21)10-20(16)15-5-7-19-8-6-15/h1-4,15-17,19,21H,5-12H2. The van der Waals surface area contributed by atoms with Gasteiger partial charge >= 0.3 is 0 Å². The highest BCUT2D eigenvalue weighted by Gasteiger charge is 2.33. The summed E-state index contributed by atoms with van der Waals surface area (Å²) in [7, 11) is 0. The highest BCUT2D eigenvalue weighted by molar-refractivity contribution is 6.30. The second kappa shape index (κ2) is 7.75. The van der Waals surface area contributed by atoms with Crippen LogP contribution in [-0.4, -0.2) is 61.0 Å². The first-order valence-electron chi connectivity index (χ1n) is 8.19. The molecule has 22 heavy (non-hydrogen) atoms. The number of benzene rings is 1. The van der Waals surface area contributed by atoms with Crippen molar-refractivity contribution >= 4 is 11.6 Å². The minimum Gasteiger partial charge on any atom is -0.394 e. The number of rotatable bonds is 4. The molecule has 4 nitrogen and oxygen atoms in total. The van der Waals surface area contributed by atoms with Crippen LogP contribution in [0.15, 0.2) is 24.3 Å². The lowest BCUT2D eigenvalue weighted by atomic mass is 9.97. The average Bonchev–Trinajstić information content (AvgIpc) is 2.58. The lowest BCUT2D eigenvalue weighted by Crippen LogP contribution is -2.57. The van der Waals surface area contributed by atoms with Crippen molar-refractivity contribution in [3.63, 3.8) is 0 Å². The number of halogens is 1. The first-order valence-corrected chi connectivity index (χ1v) is 8.57. The lowest BCUT2D eigenvalue weighted by molar-refractivity contribution is -0.0985. The van der Waals surface area contributed by atoms with Crippen molar-refractivity contribution in [2.75, 3.05) is 32.8 Å². The summed E-state index contributed by atoms with van der Waals surface area (Å²) in [5.41, 5.74) is 1.29.